The number of hydrogen-bond acceptors (Lipinski definition) is 6. The lowest BCUT2D eigenvalue weighted by molar-refractivity contribution is -0.130. The van der Waals surface area contributed by atoms with Gasteiger partial charge < -0.3 is 14.5 Å². The maximum Gasteiger partial charge on any atom is 0.263 e. The quantitative estimate of drug-likeness (QED) is 0.609. The molecule has 2 aromatic heterocycles. The fourth-order valence-electron chi connectivity index (χ4n) is 4.74. The lowest BCUT2D eigenvalue weighted by atomic mass is 9.97. The molecule has 168 valence electrons. The molecular formula is C24H28N4O3S. The Morgan fingerprint density at radius 1 is 1.09 bits per heavy atom. The fourth-order valence-corrected chi connectivity index (χ4v) is 5.99. The number of benzene rings is 1. The molecule has 32 heavy (non-hydrogen) atoms. The number of thiophene rings is 1. The van der Waals surface area contributed by atoms with Gasteiger partial charge in [0.1, 0.15) is 10.6 Å². The third-order valence-electron chi connectivity index (χ3n) is 6.60. The molecule has 0 N–H and O–H groups in total. The molecule has 0 atom stereocenters. The van der Waals surface area contributed by atoms with Gasteiger partial charge in [-0.05, 0) is 48.9 Å². The summed E-state index contributed by atoms with van der Waals surface area (Å²) in [6.45, 7) is 2.60. The first-order valence-electron chi connectivity index (χ1n) is 11.2. The Morgan fingerprint density at radius 2 is 1.81 bits per heavy atom. The van der Waals surface area contributed by atoms with E-state index in [-0.39, 0.29) is 11.5 Å². The predicted molar refractivity (Wildman–Crippen MR) is 127 cm³/mol. The monoisotopic (exact) mass is 452 g/mol. The highest BCUT2D eigenvalue weighted by atomic mass is 32.1. The molecule has 7 nitrogen and oxygen atoms in total. The summed E-state index contributed by atoms with van der Waals surface area (Å²) in [6, 6.07) is 7.63. The van der Waals surface area contributed by atoms with E-state index >= 15 is 0 Å². The van der Waals surface area contributed by atoms with Gasteiger partial charge in [0.25, 0.3) is 5.56 Å². The van der Waals surface area contributed by atoms with E-state index in [9.17, 15) is 9.59 Å². The minimum atomic E-state index is 0.0578. The number of fused-ring (bicyclic) bond motifs is 3. The number of ether oxygens (including phenoxy) is 1. The van der Waals surface area contributed by atoms with E-state index in [0.29, 0.717) is 38.5 Å². The fraction of sp³-hybridized carbons (Fsp3) is 0.458. The van der Waals surface area contributed by atoms with Gasteiger partial charge in [-0.3, -0.25) is 14.2 Å². The van der Waals surface area contributed by atoms with Crippen LogP contribution in [0.2, 0.25) is 0 Å². The molecule has 1 aliphatic heterocycles. The van der Waals surface area contributed by atoms with Gasteiger partial charge in [0, 0.05) is 38.1 Å². The van der Waals surface area contributed by atoms with Crippen molar-refractivity contribution in [1.82, 2.24) is 14.5 Å². The minimum Gasteiger partial charge on any atom is -0.497 e. The zero-order valence-corrected chi connectivity index (χ0v) is 19.4. The van der Waals surface area contributed by atoms with Crippen molar-refractivity contribution in [2.45, 2.75) is 32.1 Å². The van der Waals surface area contributed by atoms with Crippen LogP contribution in [-0.2, 0) is 31.1 Å². The minimum absolute atomic E-state index is 0.0578. The number of aromatic nitrogens is 2. The van der Waals surface area contributed by atoms with Crippen LogP contribution >= 0.6 is 11.3 Å². The van der Waals surface area contributed by atoms with Crippen molar-refractivity contribution >= 4 is 33.4 Å². The number of carbonyl (C=O) groups is 1. The smallest absolute Gasteiger partial charge is 0.263 e. The van der Waals surface area contributed by atoms with Crippen molar-refractivity contribution < 1.29 is 9.53 Å². The number of rotatable bonds is 4. The Morgan fingerprint density at radius 3 is 2.53 bits per heavy atom. The summed E-state index contributed by atoms with van der Waals surface area (Å²) < 4.78 is 6.88. The maximum atomic E-state index is 13.2. The molecule has 1 saturated heterocycles. The lowest BCUT2D eigenvalue weighted by Gasteiger charge is -2.35. The van der Waals surface area contributed by atoms with E-state index < -0.39 is 0 Å². The summed E-state index contributed by atoms with van der Waals surface area (Å²) in [5, 5.41) is 0.823. The number of carbonyl (C=O) groups excluding carboxylic acids is 1. The highest BCUT2D eigenvalue weighted by Gasteiger charge is 2.26. The van der Waals surface area contributed by atoms with Crippen LogP contribution in [0.25, 0.3) is 10.2 Å². The zero-order valence-electron chi connectivity index (χ0n) is 18.6. The topological polar surface area (TPSA) is 67.7 Å². The number of anilines is 1. The van der Waals surface area contributed by atoms with Crippen LogP contribution in [0, 0.1) is 0 Å². The molecular weight excluding hydrogens is 424 g/mol. The molecule has 1 fully saturated rings. The Labute approximate surface area is 191 Å². The van der Waals surface area contributed by atoms with Gasteiger partial charge in [-0.25, -0.2) is 4.98 Å². The van der Waals surface area contributed by atoms with Crippen LogP contribution in [-0.4, -0.2) is 53.6 Å². The van der Waals surface area contributed by atoms with E-state index in [0.717, 1.165) is 40.8 Å². The largest absolute Gasteiger partial charge is 0.497 e. The van der Waals surface area contributed by atoms with Gasteiger partial charge in [0.15, 0.2) is 0 Å². The van der Waals surface area contributed by atoms with Crippen molar-refractivity contribution in [2.24, 2.45) is 7.05 Å². The van der Waals surface area contributed by atoms with Gasteiger partial charge in [-0.1, -0.05) is 12.1 Å². The predicted octanol–water partition coefficient (Wildman–Crippen LogP) is 2.77. The number of hydrogen-bond donors (Lipinski definition) is 0. The highest BCUT2D eigenvalue weighted by molar-refractivity contribution is 7.18. The first-order valence-corrected chi connectivity index (χ1v) is 12.0. The van der Waals surface area contributed by atoms with E-state index in [4.69, 9.17) is 9.72 Å². The summed E-state index contributed by atoms with van der Waals surface area (Å²) in [5.41, 5.74) is 2.27. The molecule has 1 aliphatic carbocycles. The standard InChI is InChI=1S/C24H28N4O3S/c1-26-23(30)21-18-5-3-4-6-19(18)32-22(21)25-24(26)28-13-11-27(12-14-28)20(29)15-16-7-9-17(31-2)10-8-16/h7-10H,3-6,11-15H2,1-2H3. The molecule has 8 heteroatoms. The number of methoxy groups -OCH3 is 1. The van der Waals surface area contributed by atoms with Crippen LogP contribution in [0.15, 0.2) is 29.1 Å². The number of amides is 1. The van der Waals surface area contributed by atoms with Gasteiger partial charge in [-0.15, -0.1) is 11.3 Å². The van der Waals surface area contributed by atoms with Crippen LogP contribution in [0.5, 0.6) is 5.75 Å². The van der Waals surface area contributed by atoms with Crippen molar-refractivity contribution in [3.63, 3.8) is 0 Å². The number of aryl methyl sites for hydroxylation is 2. The van der Waals surface area contributed by atoms with Crippen LogP contribution in [0.3, 0.4) is 0 Å². The number of nitrogens with zero attached hydrogens (tertiary/aromatic N) is 4. The lowest BCUT2D eigenvalue weighted by Crippen LogP contribution is -2.50. The van der Waals surface area contributed by atoms with Gasteiger partial charge >= 0.3 is 0 Å². The molecule has 0 saturated carbocycles. The molecule has 5 rings (SSSR count). The van der Waals surface area contributed by atoms with Crippen LogP contribution in [0.4, 0.5) is 5.95 Å². The molecule has 3 heterocycles. The van der Waals surface area contributed by atoms with Gasteiger partial charge in [-0.2, -0.15) is 0 Å². The van der Waals surface area contributed by atoms with E-state index in [1.54, 1.807) is 23.0 Å². The maximum absolute atomic E-state index is 13.2. The molecule has 0 unspecified atom stereocenters. The molecule has 2 aliphatic rings. The molecule has 0 spiro atoms. The average Bonchev–Trinajstić information content (AvgIpc) is 3.20. The second-order valence-corrected chi connectivity index (χ2v) is 9.64. The average molecular weight is 453 g/mol. The SMILES string of the molecule is COc1ccc(CC(=O)N2CCN(c3nc4sc5c(c4c(=O)n3C)CCCC5)CC2)cc1. The van der Waals surface area contributed by atoms with Gasteiger partial charge in [0.05, 0.1) is 18.9 Å². The Hall–Kier alpha value is -2.87. The van der Waals surface area contributed by atoms with Crippen molar-refractivity contribution in [3.05, 3.63) is 50.6 Å². The van der Waals surface area contributed by atoms with Crippen molar-refractivity contribution in [1.29, 1.82) is 0 Å². The van der Waals surface area contributed by atoms with Crippen molar-refractivity contribution in [2.75, 3.05) is 38.2 Å². The Kier molecular flexibility index (Phi) is 5.63. The van der Waals surface area contributed by atoms with E-state index in [2.05, 4.69) is 4.90 Å². The molecule has 1 aromatic carbocycles. The normalized spacial score (nSPS) is 16.3. The van der Waals surface area contributed by atoms with E-state index in [1.165, 1.54) is 16.9 Å². The summed E-state index contributed by atoms with van der Waals surface area (Å²) in [5.74, 6) is 1.62. The summed E-state index contributed by atoms with van der Waals surface area (Å²) in [7, 11) is 3.45. The van der Waals surface area contributed by atoms with Crippen LogP contribution in [0.1, 0.15) is 28.8 Å². The van der Waals surface area contributed by atoms with Crippen molar-refractivity contribution in [3.8, 4) is 5.75 Å². The highest BCUT2D eigenvalue weighted by Crippen LogP contribution is 2.34. The Bertz CT molecular complexity index is 1210. The first-order chi connectivity index (χ1) is 15.5. The second kappa shape index (κ2) is 8.58. The van der Waals surface area contributed by atoms with Gasteiger partial charge in [0.2, 0.25) is 11.9 Å². The molecule has 0 bridgehead atoms. The second-order valence-electron chi connectivity index (χ2n) is 8.56. The third kappa shape index (κ3) is 3.77. The first kappa shape index (κ1) is 21.0. The summed E-state index contributed by atoms with van der Waals surface area (Å²) in [4.78, 5) is 37.1. The summed E-state index contributed by atoms with van der Waals surface area (Å²) in [6.07, 6.45) is 4.77. The molecule has 0 radical (unpaired) electrons. The molecule has 1 amide bonds. The third-order valence-corrected chi connectivity index (χ3v) is 7.79. The molecule has 3 aromatic rings. The Balaban J connectivity index is 1.30. The van der Waals surface area contributed by atoms with Crippen LogP contribution < -0.4 is 15.2 Å². The van der Waals surface area contributed by atoms with E-state index in [1.807, 2.05) is 36.2 Å². The summed E-state index contributed by atoms with van der Waals surface area (Å²) >= 11 is 1.69. The number of piperazine rings is 1. The zero-order chi connectivity index (χ0) is 22.2.